The van der Waals surface area contributed by atoms with Crippen LogP contribution in [0.15, 0.2) is 21.7 Å². The highest BCUT2D eigenvalue weighted by Gasteiger charge is 2.31. The molecule has 1 aliphatic rings. The van der Waals surface area contributed by atoms with Crippen molar-refractivity contribution < 1.29 is 13.9 Å². The number of halogens is 3. The molecule has 3 rings (SSSR count). The molecule has 0 amide bonds. The summed E-state index contributed by atoms with van der Waals surface area (Å²) in [5.41, 5.74) is 1.00. The van der Waals surface area contributed by atoms with E-state index in [1.165, 1.54) is 7.11 Å². The molecule has 0 fully saturated rings. The van der Waals surface area contributed by atoms with Crippen LogP contribution in [0.1, 0.15) is 24.9 Å². The molecule has 1 aliphatic heterocycles. The molecule has 2 heterocycles. The molecule has 0 bridgehead atoms. The summed E-state index contributed by atoms with van der Waals surface area (Å²) in [5.74, 6) is -0.360. The van der Waals surface area contributed by atoms with E-state index < -0.39 is 5.82 Å². The Kier molecular flexibility index (Phi) is 6.08. The molecular formula is C18H20BrClFN3O3. The van der Waals surface area contributed by atoms with Gasteiger partial charge in [-0.15, -0.1) is 0 Å². The maximum absolute atomic E-state index is 14.5. The molecule has 2 aromatic rings. The van der Waals surface area contributed by atoms with Crippen molar-refractivity contribution in [1.82, 2.24) is 9.55 Å². The van der Waals surface area contributed by atoms with Gasteiger partial charge in [0, 0.05) is 19.9 Å². The van der Waals surface area contributed by atoms with Crippen molar-refractivity contribution in [1.29, 1.82) is 0 Å². The lowest BCUT2D eigenvalue weighted by Gasteiger charge is -2.23. The second-order valence-electron chi connectivity index (χ2n) is 6.23. The van der Waals surface area contributed by atoms with Crippen LogP contribution in [0.5, 0.6) is 5.75 Å². The van der Waals surface area contributed by atoms with Crippen molar-refractivity contribution in [3.63, 3.8) is 0 Å². The monoisotopic (exact) mass is 459 g/mol. The fourth-order valence-corrected chi connectivity index (χ4v) is 4.04. The third-order valence-corrected chi connectivity index (χ3v) is 5.41. The van der Waals surface area contributed by atoms with Gasteiger partial charge in [-0.25, -0.2) is 9.37 Å². The van der Waals surface area contributed by atoms with Gasteiger partial charge < -0.3 is 18.9 Å². The Morgan fingerprint density at radius 1 is 1.44 bits per heavy atom. The number of ether oxygens (including phenoxy) is 2. The first-order valence-corrected chi connectivity index (χ1v) is 9.70. The summed E-state index contributed by atoms with van der Waals surface area (Å²) in [7, 11) is 2.99. The molecule has 0 spiro atoms. The van der Waals surface area contributed by atoms with E-state index in [1.807, 2.05) is 6.92 Å². The highest BCUT2D eigenvalue weighted by molar-refractivity contribution is 9.10. The number of hydrogen-bond donors (Lipinski definition) is 0. The van der Waals surface area contributed by atoms with Crippen LogP contribution in [0.4, 0.5) is 15.9 Å². The summed E-state index contributed by atoms with van der Waals surface area (Å²) in [4.78, 5) is 19.2. The summed E-state index contributed by atoms with van der Waals surface area (Å²) < 4.78 is 26.9. The number of fused-ring (bicyclic) bond motifs is 1. The average Bonchev–Trinajstić information content (AvgIpc) is 3.08. The van der Waals surface area contributed by atoms with Crippen LogP contribution in [-0.4, -0.2) is 36.9 Å². The van der Waals surface area contributed by atoms with E-state index in [-0.39, 0.29) is 28.2 Å². The molecule has 0 radical (unpaired) electrons. The Morgan fingerprint density at radius 3 is 2.81 bits per heavy atom. The van der Waals surface area contributed by atoms with Gasteiger partial charge in [0.25, 0.3) is 5.56 Å². The van der Waals surface area contributed by atoms with E-state index in [4.69, 9.17) is 21.1 Å². The summed E-state index contributed by atoms with van der Waals surface area (Å²) in [6.07, 6.45) is 2.97. The first-order valence-electron chi connectivity index (χ1n) is 8.52. The van der Waals surface area contributed by atoms with E-state index in [9.17, 15) is 9.18 Å². The van der Waals surface area contributed by atoms with Crippen LogP contribution in [-0.2, 0) is 11.2 Å². The lowest BCUT2D eigenvalue weighted by atomic mass is 10.1. The number of methoxy groups -OCH3 is 2. The van der Waals surface area contributed by atoms with Crippen molar-refractivity contribution in [2.45, 2.75) is 25.8 Å². The van der Waals surface area contributed by atoms with Gasteiger partial charge in [0.2, 0.25) is 5.82 Å². The summed E-state index contributed by atoms with van der Waals surface area (Å²) in [6.45, 7) is 2.85. The van der Waals surface area contributed by atoms with E-state index >= 15 is 0 Å². The average molecular weight is 461 g/mol. The molecule has 27 heavy (non-hydrogen) atoms. The molecule has 146 valence electrons. The molecule has 0 saturated heterocycles. The van der Waals surface area contributed by atoms with Gasteiger partial charge in [-0.05, 0) is 40.4 Å². The van der Waals surface area contributed by atoms with Crippen molar-refractivity contribution in [3.8, 4) is 5.75 Å². The predicted molar refractivity (Wildman–Crippen MR) is 106 cm³/mol. The normalized spacial score (nSPS) is 14.4. The Labute approximate surface area is 170 Å². The van der Waals surface area contributed by atoms with Crippen molar-refractivity contribution in [2.24, 2.45) is 0 Å². The highest BCUT2D eigenvalue weighted by Crippen LogP contribution is 2.43. The van der Waals surface area contributed by atoms with Crippen molar-refractivity contribution in [3.05, 3.63) is 43.6 Å². The maximum Gasteiger partial charge on any atom is 0.294 e. The molecule has 0 saturated carbocycles. The standard InChI is InChI=1S/C18H20BrClFN3O3/c1-4-11(9-26-2)24-8-13(19)22-17(18(24)25)23-6-5-10-7-12(27-3)15(21)14(20)16(10)23/h7-8,11H,4-6,9H2,1-3H3. The highest BCUT2D eigenvalue weighted by atomic mass is 79.9. The van der Waals surface area contributed by atoms with Crippen LogP contribution >= 0.6 is 27.5 Å². The molecule has 0 N–H and O–H groups in total. The number of hydrogen-bond acceptors (Lipinski definition) is 5. The molecule has 1 unspecified atom stereocenters. The van der Waals surface area contributed by atoms with Crippen LogP contribution in [0.3, 0.4) is 0 Å². The Bertz CT molecular complexity index is 922. The van der Waals surface area contributed by atoms with E-state index in [1.54, 1.807) is 28.8 Å². The van der Waals surface area contributed by atoms with Gasteiger partial charge >= 0.3 is 0 Å². The number of rotatable bonds is 6. The topological polar surface area (TPSA) is 56.6 Å². The van der Waals surface area contributed by atoms with Gasteiger partial charge in [0.05, 0.1) is 25.4 Å². The fourth-order valence-electron chi connectivity index (χ4n) is 3.33. The van der Waals surface area contributed by atoms with Crippen LogP contribution in [0, 0.1) is 5.82 Å². The second kappa shape index (κ2) is 8.16. The minimum atomic E-state index is -0.647. The van der Waals surface area contributed by atoms with E-state index in [2.05, 4.69) is 20.9 Å². The largest absolute Gasteiger partial charge is 0.494 e. The zero-order valence-corrected chi connectivity index (χ0v) is 17.6. The smallest absolute Gasteiger partial charge is 0.294 e. The van der Waals surface area contributed by atoms with E-state index in [0.29, 0.717) is 36.3 Å². The Hall–Kier alpha value is -1.64. The van der Waals surface area contributed by atoms with Crippen molar-refractivity contribution in [2.75, 3.05) is 32.3 Å². The summed E-state index contributed by atoms with van der Waals surface area (Å²) >= 11 is 9.65. The lowest BCUT2D eigenvalue weighted by Crippen LogP contribution is -2.33. The second-order valence-corrected chi connectivity index (χ2v) is 7.42. The third-order valence-electron chi connectivity index (χ3n) is 4.68. The van der Waals surface area contributed by atoms with Crippen LogP contribution in [0.25, 0.3) is 0 Å². The predicted octanol–water partition coefficient (Wildman–Crippen LogP) is 4.10. The quantitative estimate of drug-likeness (QED) is 0.650. The third kappa shape index (κ3) is 3.58. The molecular weight excluding hydrogens is 441 g/mol. The van der Waals surface area contributed by atoms with Gasteiger partial charge in [-0.2, -0.15) is 0 Å². The lowest BCUT2D eigenvalue weighted by molar-refractivity contribution is 0.151. The van der Waals surface area contributed by atoms with Gasteiger partial charge in [-0.3, -0.25) is 4.79 Å². The zero-order chi connectivity index (χ0) is 19.7. The maximum atomic E-state index is 14.5. The first-order chi connectivity index (χ1) is 12.9. The molecule has 1 aromatic carbocycles. The summed E-state index contributed by atoms with van der Waals surface area (Å²) in [5, 5.41) is -0.0708. The molecule has 1 atom stereocenters. The van der Waals surface area contributed by atoms with Crippen molar-refractivity contribution >= 4 is 39.0 Å². The molecule has 0 aliphatic carbocycles. The van der Waals surface area contributed by atoms with Gasteiger partial charge in [0.15, 0.2) is 11.6 Å². The molecule has 6 nitrogen and oxygen atoms in total. The Balaban J connectivity index is 2.14. The van der Waals surface area contributed by atoms with Gasteiger partial charge in [-0.1, -0.05) is 18.5 Å². The van der Waals surface area contributed by atoms with Crippen LogP contribution < -0.4 is 15.2 Å². The minimum Gasteiger partial charge on any atom is -0.494 e. The number of aromatic nitrogens is 2. The van der Waals surface area contributed by atoms with E-state index in [0.717, 1.165) is 5.56 Å². The Morgan fingerprint density at radius 2 is 2.19 bits per heavy atom. The zero-order valence-electron chi connectivity index (χ0n) is 15.3. The fraction of sp³-hybridized carbons (Fsp3) is 0.444. The first kappa shape index (κ1) is 20.1. The number of benzene rings is 1. The van der Waals surface area contributed by atoms with Crippen LogP contribution in [0.2, 0.25) is 5.02 Å². The minimum absolute atomic E-state index is 0.0708. The number of nitrogens with zero attached hydrogens (tertiary/aromatic N) is 3. The summed E-state index contributed by atoms with van der Waals surface area (Å²) in [6, 6.07) is 1.48. The molecule has 9 heteroatoms. The molecule has 1 aromatic heterocycles. The SMILES string of the molecule is CCC(COC)n1cc(Br)nc(N2CCc3cc(OC)c(F)c(Cl)c32)c1=O. The number of anilines is 2. The van der Waals surface area contributed by atoms with Gasteiger partial charge in [0.1, 0.15) is 9.63 Å².